The standard InChI is InChI=1S/C8H5N2O3/c9-4-1-2-5-6(3-4)10-8(12)13-7(5)11/h1-3H,9H2. The molecule has 0 amide bonds. The minimum absolute atomic E-state index is 0.258. The Hall–Kier alpha value is -2.04. The van der Waals surface area contributed by atoms with E-state index in [4.69, 9.17) is 5.73 Å². The van der Waals surface area contributed by atoms with Crippen LogP contribution in [0.5, 0.6) is 6.08 Å². The fraction of sp³-hybridized carbons (Fsp3) is 0. The first kappa shape index (κ1) is 7.60. The molecule has 0 atom stereocenters. The Morgan fingerprint density at radius 1 is 1.38 bits per heavy atom. The van der Waals surface area contributed by atoms with E-state index in [2.05, 4.69) is 9.40 Å². The summed E-state index contributed by atoms with van der Waals surface area (Å²) >= 11 is 0. The summed E-state index contributed by atoms with van der Waals surface area (Å²) in [4.78, 5) is 14.6. The molecule has 0 spiro atoms. The maximum Gasteiger partial charge on any atom is 0.442 e. The molecule has 2 N–H and O–H groups in total. The molecule has 0 fully saturated rings. The maximum absolute atomic E-state index is 11.1. The lowest BCUT2D eigenvalue weighted by Gasteiger charge is -1.95. The third-order valence-electron chi connectivity index (χ3n) is 1.63. The molecule has 65 valence electrons. The number of nitrogens with two attached hydrogens (primary N) is 1. The van der Waals surface area contributed by atoms with Gasteiger partial charge in [-0.2, -0.15) is 4.98 Å². The number of hydrogen-bond donors (Lipinski definition) is 1. The van der Waals surface area contributed by atoms with E-state index in [9.17, 15) is 9.90 Å². The van der Waals surface area contributed by atoms with Crippen molar-refractivity contribution >= 4 is 16.6 Å². The van der Waals surface area contributed by atoms with Crippen molar-refractivity contribution in [2.24, 2.45) is 0 Å². The minimum Gasteiger partial charge on any atom is -0.399 e. The van der Waals surface area contributed by atoms with Crippen molar-refractivity contribution in [1.82, 2.24) is 4.98 Å². The lowest BCUT2D eigenvalue weighted by molar-refractivity contribution is 0.220. The van der Waals surface area contributed by atoms with Gasteiger partial charge < -0.3 is 10.2 Å². The monoisotopic (exact) mass is 177 g/mol. The molecule has 0 aliphatic heterocycles. The summed E-state index contributed by atoms with van der Waals surface area (Å²) in [5, 5.41) is 11.0. The summed E-state index contributed by atoms with van der Waals surface area (Å²) in [6.45, 7) is 0. The van der Waals surface area contributed by atoms with Crippen LogP contribution in [0.3, 0.4) is 0 Å². The molecule has 0 aliphatic rings. The molecule has 0 bridgehead atoms. The second-order valence-corrected chi connectivity index (χ2v) is 2.54. The third kappa shape index (κ3) is 1.20. The average Bonchev–Trinajstić information content (AvgIpc) is 2.02. The van der Waals surface area contributed by atoms with E-state index < -0.39 is 11.7 Å². The molecule has 5 nitrogen and oxygen atoms in total. The molecular formula is C8H5N2O3. The van der Waals surface area contributed by atoms with Crippen molar-refractivity contribution in [2.45, 2.75) is 0 Å². The molecule has 1 aromatic carbocycles. The first-order valence-electron chi connectivity index (χ1n) is 3.54. The SMILES string of the molecule is Nc1ccc2c(=O)oc([O])nc2c1. The second-order valence-electron chi connectivity index (χ2n) is 2.54. The van der Waals surface area contributed by atoms with E-state index in [1.165, 1.54) is 12.1 Å². The predicted octanol–water partition coefficient (Wildman–Crippen LogP) is 0.914. The van der Waals surface area contributed by atoms with Gasteiger partial charge in [-0.25, -0.2) is 9.90 Å². The van der Waals surface area contributed by atoms with Crippen LogP contribution in [0.15, 0.2) is 27.4 Å². The Bertz CT molecular complexity index is 513. The zero-order valence-electron chi connectivity index (χ0n) is 6.48. The van der Waals surface area contributed by atoms with Crippen LogP contribution < -0.4 is 11.4 Å². The van der Waals surface area contributed by atoms with Crippen molar-refractivity contribution in [3.05, 3.63) is 28.6 Å². The van der Waals surface area contributed by atoms with Crippen LogP contribution in [0.2, 0.25) is 0 Å². The summed E-state index contributed by atoms with van der Waals surface area (Å²) in [5.74, 6) is 0. The van der Waals surface area contributed by atoms with Crippen LogP contribution in [0.25, 0.3) is 10.9 Å². The Morgan fingerprint density at radius 2 is 2.15 bits per heavy atom. The molecule has 0 saturated carbocycles. The fourth-order valence-corrected chi connectivity index (χ4v) is 1.07. The molecule has 1 heterocycles. The summed E-state index contributed by atoms with van der Waals surface area (Å²) < 4.78 is 4.27. The van der Waals surface area contributed by atoms with E-state index in [1.54, 1.807) is 6.07 Å². The van der Waals surface area contributed by atoms with Crippen LogP contribution in [0.4, 0.5) is 5.69 Å². The molecule has 0 aliphatic carbocycles. The summed E-state index contributed by atoms with van der Waals surface area (Å²) in [5.41, 5.74) is 5.48. The highest BCUT2D eigenvalue weighted by molar-refractivity contribution is 5.80. The van der Waals surface area contributed by atoms with Gasteiger partial charge in [0.15, 0.2) is 0 Å². The molecule has 1 aromatic heterocycles. The van der Waals surface area contributed by atoms with E-state index >= 15 is 0 Å². The number of aromatic nitrogens is 1. The number of rotatable bonds is 0. The minimum atomic E-state index is -0.900. The van der Waals surface area contributed by atoms with Crippen molar-refractivity contribution in [3.8, 4) is 6.08 Å². The number of nitrogens with zero attached hydrogens (tertiary/aromatic N) is 1. The van der Waals surface area contributed by atoms with E-state index in [1.807, 2.05) is 0 Å². The van der Waals surface area contributed by atoms with Crippen LogP contribution >= 0.6 is 0 Å². The number of nitrogen functional groups attached to an aromatic ring is 1. The quantitative estimate of drug-likeness (QED) is 0.605. The van der Waals surface area contributed by atoms with Gasteiger partial charge in [0, 0.05) is 5.69 Å². The Balaban J connectivity index is 2.95. The van der Waals surface area contributed by atoms with Crippen LogP contribution in [0, 0.1) is 0 Å². The van der Waals surface area contributed by atoms with Gasteiger partial charge in [-0.05, 0) is 18.2 Å². The summed E-state index contributed by atoms with van der Waals surface area (Å²) in [7, 11) is 0. The molecule has 0 saturated heterocycles. The van der Waals surface area contributed by atoms with Gasteiger partial charge >= 0.3 is 11.7 Å². The van der Waals surface area contributed by atoms with Crippen LogP contribution in [-0.4, -0.2) is 4.98 Å². The first-order valence-corrected chi connectivity index (χ1v) is 3.54. The molecular weight excluding hydrogens is 172 g/mol. The summed E-state index contributed by atoms with van der Waals surface area (Å²) in [6, 6.07) is 4.47. The number of hydrogen-bond acceptors (Lipinski definition) is 4. The molecule has 5 heteroatoms. The molecule has 0 unspecified atom stereocenters. The van der Waals surface area contributed by atoms with Gasteiger partial charge in [0.05, 0.1) is 10.9 Å². The van der Waals surface area contributed by atoms with Gasteiger partial charge in [-0.15, -0.1) is 0 Å². The van der Waals surface area contributed by atoms with Crippen molar-refractivity contribution < 1.29 is 9.52 Å². The predicted molar refractivity (Wildman–Crippen MR) is 44.8 cm³/mol. The third-order valence-corrected chi connectivity index (χ3v) is 1.63. The highest BCUT2D eigenvalue weighted by atomic mass is 16.5. The lowest BCUT2D eigenvalue weighted by Crippen LogP contribution is -2.00. The van der Waals surface area contributed by atoms with Crippen molar-refractivity contribution in [1.29, 1.82) is 0 Å². The molecule has 13 heavy (non-hydrogen) atoms. The highest BCUT2D eigenvalue weighted by Gasteiger charge is 2.05. The van der Waals surface area contributed by atoms with E-state index in [-0.39, 0.29) is 10.9 Å². The number of fused-ring (bicyclic) bond motifs is 1. The largest absolute Gasteiger partial charge is 0.442 e. The second kappa shape index (κ2) is 2.48. The fourth-order valence-electron chi connectivity index (χ4n) is 1.07. The van der Waals surface area contributed by atoms with Crippen molar-refractivity contribution in [3.63, 3.8) is 0 Å². The number of benzene rings is 1. The Morgan fingerprint density at radius 3 is 2.92 bits per heavy atom. The average molecular weight is 177 g/mol. The molecule has 2 rings (SSSR count). The first-order chi connectivity index (χ1) is 6.16. The normalized spacial score (nSPS) is 10.5. The molecule has 2 aromatic rings. The Kier molecular flexibility index (Phi) is 1.45. The smallest absolute Gasteiger partial charge is 0.399 e. The molecule has 1 radical (unpaired) electrons. The van der Waals surface area contributed by atoms with Crippen LogP contribution in [0.1, 0.15) is 0 Å². The van der Waals surface area contributed by atoms with E-state index in [0.717, 1.165) is 0 Å². The zero-order chi connectivity index (χ0) is 9.42. The van der Waals surface area contributed by atoms with E-state index in [0.29, 0.717) is 5.69 Å². The van der Waals surface area contributed by atoms with Gasteiger partial charge in [0.2, 0.25) is 0 Å². The summed E-state index contributed by atoms with van der Waals surface area (Å²) in [6.07, 6.45) is -0.900. The van der Waals surface area contributed by atoms with Gasteiger partial charge in [-0.3, -0.25) is 0 Å². The Labute approximate surface area is 72.4 Å². The zero-order valence-corrected chi connectivity index (χ0v) is 6.48. The number of anilines is 1. The highest BCUT2D eigenvalue weighted by Crippen LogP contribution is 2.14. The lowest BCUT2D eigenvalue weighted by atomic mass is 10.2. The van der Waals surface area contributed by atoms with Crippen molar-refractivity contribution in [2.75, 3.05) is 5.73 Å². The van der Waals surface area contributed by atoms with Gasteiger partial charge in [0.1, 0.15) is 0 Å². The van der Waals surface area contributed by atoms with Crippen LogP contribution in [-0.2, 0) is 5.11 Å². The topological polar surface area (TPSA) is 89.0 Å². The van der Waals surface area contributed by atoms with Gasteiger partial charge in [0.25, 0.3) is 0 Å². The van der Waals surface area contributed by atoms with Gasteiger partial charge in [-0.1, -0.05) is 0 Å². The maximum atomic E-state index is 11.1.